The molecule has 0 aliphatic heterocycles. The Morgan fingerprint density at radius 1 is 1.08 bits per heavy atom. The predicted octanol–water partition coefficient (Wildman–Crippen LogP) is 3.34. The third-order valence-corrected chi connectivity index (χ3v) is 4.58. The van der Waals surface area contributed by atoms with Gasteiger partial charge in [-0.15, -0.1) is 11.8 Å². The molecule has 0 bridgehead atoms. The Kier molecular flexibility index (Phi) is 6.88. The molecule has 0 saturated carbocycles. The normalized spacial score (nSPS) is 11.6. The number of hydrogen-bond acceptors (Lipinski definition) is 4. The zero-order valence-electron chi connectivity index (χ0n) is 13.8. The second kappa shape index (κ2) is 9.13. The van der Waals surface area contributed by atoms with Crippen LogP contribution in [-0.4, -0.2) is 23.7 Å². The molecule has 0 aliphatic rings. The Bertz CT molecular complexity index is 688. The van der Waals surface area contributed by atoms with Crippen LogP contribution in [0.1, 0.15) is 18.1 Å². The summed E-state index contributed by atoms with van der Waals surface area (Å²) in [4.78, 5) is 24.9. The van der Waals surface area contributed by atoms with E-state index >= 15 is 0 Å². The summed E-state index contributed by atoms with van der Waals surface area (Å²) in [6, 6.07) is 17.4. The van der Waals surface area contributed by atoms with Gasteiger partial charge in [0, 0.05) is 11.4 Å². The van der Waals surface area contributed by atoms with Gasteiger partial charge in [-0.2, -0.15) is 0 Å². The van der Waals surface area contributed by atoms with Crippen molar-refractivity contribution in [3.63, 3.8) is 0 Å². The van der Waals surface area contributed by atoms with E-state index in [1.807, 2.05) is 61.5 Å². The predicted molar refractivity (Wildman–Crippen MR) is 95.7 cm³/mol. The lowest BCUT2D eigenvalue weighted by Crippen LogP contribution is -2.35. The molecule has 0 fully saturated rings. The van der Waals surface area contributed by atoms with Crippen LogP contribution in [0.15, 0.2) is 59.5 Å². The van der Waals surface area contributed by atoms with Crippen molar-refractivity contribution in [2.24, 2.45) is 0 Å². The lowest BCUT2D eigenvalue weighted by molar-refractivity contribution is -0.152. The highest BCUT2D eigenvalue weighted by atomic mass is 32.2. The van der Waals surface area contributed by atoms with Crippen LogP contribution in [0, 0.1) is 6.92 Å². The van der Waals surface area contributed by atoms with Crippen LogP contribution in [0.4, 0.5) is 0 Å². The van der Waals surface area contributed by atoms with Crippen molar-refractivity contribution < 1.29 is 14.3 Å². The summed E-state index contributed by atoms with van der Waals surface area (Å²) in [7, 11) is 0. The standard InChI is InChI=1S/C19H21NO3S/c1-14-8-6-7-11-17(14)24-13-18(21)23-15(2)19(22)20-12-16-9-4-3-5-10-16/h3-11,15H,12-13H2,1-2H3,(H,20,22)/t15-/m0/s1. The number of thioether (sulfide) groups is 1. The van der Waals surface area contributed by atoms with Gasteiger partial charge in [-0.05, 0) is 31.0 Å². The van der Waals surface area contributed by atoms with Crippen molar-refractivity contribution in [1.82, 2.24) is 5.32 Å². The Morgan fingerprint density at radius 2 is 1.75 bits per heavy atom. The molecule has 0 spiro atoms. The van der Waals surface area contributed by atoms with Crippen molar-refractivity contribution in [2.75, 3.05) is 5.75 Å². The molecule has 2 rings (SSSR count). The van der Waals surface area contributed by atoms with Crippen LogP contribution < -0.4 is 5.32 Å². The van der Waals surface area contributed by atoms with Gasteiger partial charge in [0.2, 0.25) is 0 Å². The molecule has 1 atom stereocenters. The molecule has 126 valence electrons. The van der Waals surface area contributed by atoms with Crippen LogP contribution in [0.5, 0.6) is 0 Å². The molecule has 0 heterocycles. The minimum absolute atomic E-state index is 0.182. The van der Waals surface area contributed by atoms with Gasteiger partial charge in [-0.1, -0.05) is 48.5 Å². The number of carbonyl (C=O) groups is 2. The summed E-state index contributed by atoms with van der Waals surface area (Å²) in [5, 5.41) is 2.76. The molecule has 0 aliphatic carbocycles. The number of carbonyl (C=O) groups excluding carboxylic acids is 2. The third kappa shape index (κ3) is 5.74. The van der Waals surface area contributed by atoms with Crippen molar-refractivity contribution >= 4 is 23.6 Å². The Hall–Kier alpha value is -2.27. The summed E-state index contributed by atoms with van der Waals surface area (Å²) >= 11 is 1.41. The molecule has 0 unspecified atom stereocenters. The van der Waals surface area contributed by atoms with Crippen molar-refractivity contribution in [1.29, 1.82) is 0 Å². The highest BCUT2D eigenvalue weighted by Gasteiger charge is 2.17. The molecule has 4 nitrogen and oxygen atoms in total. The van der Waals surface area contributed by atoms with Crippen LogP contribution in [0.25, 0.3) is 0 Å². The molecule has 1 N–H and O–H groups in total. The minimum atomic E-state index is -0.807. The summed E-state index contributed by atoms with van der Waals surface area (Å²) in [6.45, 7) is 3.99. The van der Waals surface area contributed by atoms with E-state index in [9.17, 15) is 9.59 Å². The van der Waals surface area contributed by atoms with Gasteiger partial charge >= 0.3 is 5.97 Å². The average Bonchev–Trinajstić information content (AvgIpc) is 2.59. The van der Waals surface area contributed by atoms with Gasteiger partial charge in [0.1, 0.15) is 0 Å². The van der Waals surface area contributed by atoms with Crippen molar-refractivity contribution in [3.05, 3.63) is 65.7 Å². The molecule has 0 radical (unpaired) electrons. The fourth-order valence-electron chi connectivity index (χ4n) is 2.07. The first-order valence-corrected chi connectivity index (χ1v) is 8.74. The van der Waals surface area contributed by atoms with E-state index in [2.05, 4.69) is 5.32 Å². The number of aryl methyl sites for hydroxylation is 1. The van der Waals surface area contributed by atoms with E-state index in [0.29, 0.717) is 6.54 Å². The SMILES string of the molecule is Cc1ccccc1SCC(=O)O[C@@H](C)C(=O)NCc1ccccc1. The molecule has 0 saturated heterocycles. The minimum Gasteiger partial charge on any atom is -0.452 e. The fraction of sp³-hybridized carbons (Fsp3) is 0.263. The average molecular weight is 343 g/mol. The van der Waals surface area contributed by atoms with Gasteiger partial charge in [-0.25, -0.2) is 0 Å². The maximum atomic E-state index is 12.0. The lowest BCUT2D eigenvalue weighted by atomic mass is 10.2. The monoisotopic (exact) mass is 343 g/mol. The number of esters is 1. The topological polar surface area (TPSA) is 55.4 Å². The first kappa shape index (κ1) is 18.1. The van der Waals surface area contributed by atoms with Gasteiger partial charge in [0.05, 0.1) is 5.75 Å². The number of amides is 1. The number of nitrogens with one attached hydrogen (secondary N) is 1. The Balaban J connectivity index is 1.74. The molecule has 0 aromatic heterocycles. The highest BCUT2D eigenvalue weighted by molar-refractivity contribution is 8.00. The molecular weight excluding hydrogens is 322 g/mol. The summed E-state index contributed by atoms with van der Waals surface area (Å²) in [5.74, 6) is -0.514. The summed E-state index contributed by atoms with van der Waals surface area (Å²) in [6.07, 6.45) is -0.807. The Morgan fingerprint density at radius 3 is 2.46 bits per heavy atom. The van der Waals surface area contributed by atoms with Gasteiger partial charge in [-0.3, -0.25) is 9.59 Å². The summed E-state index contributed by atoms with van der Waals surface area (Å²) in [5.41, 5.74) is 2.11. The molecular formula is C19H21NO3S. The zero-order chi connectivity index (χ0) is 17.4. The smallest absolute Gasteiger partial charge is 0.317 e. The van der Waals surface area contributed by atoms with Crippen molar-refractivity contribution in [2.45, 2.75) is 31.4 Å². The van der Waals surface area contributed by atoms with Crippen molar-refractivity contribution in [3.8, 4) is 0 Å². The maximum absolute atomic E-state index is 12.0. The van der Waals surface area contributed by atoms with E-state index in [-0.39, 0.29) is 11.7 Å². The molecule has 2 aromatic carbocycles. The quantitative estimate of drug-likeness (QED) is 0.619. The first-order valence-electron chi connectivity index (χ1n) is 7.76. The zero-order valence-corrected chi connectivity index (χ0v) is 14.6. The second-order valence-corrected chi connectivity index (χ2v) is 6.41. The summed E-state index contributed by atoms with van der Waals surface area (Å²) < 4.78 is 5.19. The largest absolute Gasteiger partial charge is 0.452 e. The third-order valence-electron chi connectivity index (χ3n) is 3.43. The molecule has 2 aromatic rings. The van der Waals surface area contributed by atoms with Crippen LogP contribution in [0.3, 0.4) is 0 Å². The van der Waals surface area contributed by atoms with Gasteiger partial charge < -0.3 is 10.1 Å². The second-order valence-electron chi connectivity index (χ2n) is 5.39. The Labute approximate surface area is 146 Å². The molecule has 24 heavy (non-hydrogen) atoms. The first-order chi connectivity index (χ1) is 11.6. The van der Waals surface area contributed by atoms with E-state index in [1.165, 1.54) is 11.8 Å². The van der Waals surface area contributed by atoms with E-state index in [0.717, 1.165) is 16.0 Å². The van der Waals surface area contributed by atoms with E-state index in [1.54, 1.807) is 6.92 Å². The molecule has 1 amide bonds. The van der Waals surface area contributed by atoms with Gasteiger partial charge in [0.25, 0.3) is 5.91 Å². The van der Waals surface area contributed by atoms with Crippen LogP contribution >= 0.6 is 11.8 Å². The van der Waals surface area contributed by atoms with Crippen LogP contribution in [-0.2, 0) is 20.9 Å². The molecule has 5 heteroatoms. The lowest BCUT2D eigenvalue weighted by Gasteiger charge is -2.13. The fourth-order valence-corrected chi connectivity index (χ4v) is 2.88. The number of rotatable bonds is 7. The number of benzene rings is 2. The van der Waals surface area contributed by atoms with E-state index < -0.39 is 12.1 Å². The van der Waals surface area contributed by atoms with Crippen LogP contribution in [0.2, 0.25) is 0 Å². The maximum Gasteiger partial charge on any atom is 0.317 e. The van der Waals surface area contributed by atoms with E-state index in [4.69, 9.17) is 4.74 Å². The number of hydrogen-bond donors (Lipinski definition) is 1. The van der Waals surface area contributed by atoms with Gasteiger partial charge in [0.15, 0.2) is 6.10 Å². The highest BCUT2D eigenvalue weighted by Crippen LogP contribution is 2.21. The number of ether oxygens (including phenoxy) is 1.